The summed E-state index contributed by atoms with van der Waals surface area (Å²) in [5.41, 5.74) is 4.86. The van der Waals surface area contributed by atoms with E-state index in [1.807, 2.05) is 0 Å². The van der Waals surface area contributed by atoms with E-state index in [9.17, 15) is 14.4 Å². The zero-order chi connectivity index (χ0) is 13.3. The molecule has 0 unspecified atom stereocenters. The Kier molecular flexibility index (Phi) is 7.70. The van der Waals surface area contributed by atoms with Gasteiger partial charge in [-0.3, -0.25) is 14.4 Å². The van der Waals surface area contributed by atoms with Crippen LogP contribution in [0.15, 0.2) is 0 Å². The van der Waals surface area contributed by atoms with Gasteiger partial charge in [0.25, 0.3) is 0 Å². The summed E-state index contributed by atoms with van der Waals surface area (Å²) in [5.74, 6) is -2.82. The highest BCUT2D eigenvalue weighted by Gasteiger charge is 2.27. The van der Waals surface area contributed by atoms with Crippen LogP contribution in [-0.2, 0) is 28.6 Å². The number of esters is 2. The first-order chi connectivity index (χ1) is 8.02. The molecular formula is C10H17NO6. The molecule has 0 radical (unpaired) electrons. The van der Waals surface area contributed by atoms with Crippen molar-refractivity contribution in [3.05, 3.63) is 0 Å². The number of hydrogen-bond donors (Lipinski definition) is 1. The number of primary amides is 1. The number of amides is 1. The Labute approximate surface area is 99.2 Å². The van der Waals surface area contributed by atoms with Gasteiger partial charge in [0.05, 0.1) is 14.2 Å². The molecule has 0 rings (SSSR count). The van der Waals surface area contributed by atoms with Gasteiger partial charge in [-0.05, 0) is 12.8 Å². The van der Waals surface area contributed by atoms with E-state index in [1.165, 1.54) is 14.2 Å². The fraction of sp³-hybridized carbons (Fsp3) is 0.700. The topological polar surface area (TPSA) is 105 Å². The normalized spacial score (nSPS) is 10.1. The maximum Gasteiger partial charge on any atom is 0.320 e. The monoisotopic (exact) mass is 247 g/mol. The Morgan fingerprint density at radius 1 is 1.12 bits per heavy atom. The van der Waals surface area contributed by atoms with Crippen LogP contribution in [0.3, 0.4) is 0 Å². The number of carbonyl (C=O) groups is 3. The third kappa shape index (κ3) is 6.52. The van der Waals surface area contributed by atoms with Crippen molar-refractivity contribution in [2.45, 2.75) is 12.8 Å². The first-order valence-electron chi connectivity index (χ1n) is 5.04. The van der Waals surface area contributed by atoms with Gasteiger partial charge >= 0.3 is 11.9 Å². The highest BCUT2D eigenvalue weighted by atomic mass is 16.5. The molecule has 0 saturated heterocycles. The van der Waals surface area contributed by atoms with Crippen LogP contribution in [0.5, 0.6) is 0 Å². The molecule has 0 aromatic rings. The van der Waals surface area contributed by atoms with Crippen molar-refractivity contribution in [2.24, 2.45) is 11.7 Å². The maximum absolute atomic E-state index is 11.2. The van der Waals surface area contributed by atoms with E-state index in [1.54, 1.807) is 0 Å². The third-order valence-corrected chi connectivity index (χ3v) is 2.00. The van der Waals surface area contributed by atoms with Crippen LogP contribution >= 0.6 is 0 Å². The van der Waals surface area contributed by atoms with E-state index >= 15 is 0 Å². The first kappa shape index (κ1) is 15.4. The SMILES string of the molecule is COC(=O)C(CCCOCC(N)=O)C(=O)OC. The molecule has 2 N–H and O–H groups in total. The zero-order valence-corrected chi connectivity index (χ0v) is 9.93. The number of carbonyl (C=O) groups excluding carboxylic acids is 3. The Hall–Kier alpha value is -1.63. The van der Waals surface area contributed by atoms with E-state index in [4.69, 9.17) is 10.5 Å². The summed E-state index contributed by atoms with van der Waals surface area (Å²) in [6.07, 6.45) is 0.653. The molecule has 0 aromatic carbocycles. The number of ether oxygens (including phenoxy) is 3. The molecule has 17 heavy (non-hydrogen) atoms. The summed E-state index contributed by atoms with van der Waals surface area (Å²) >= 11 is 0. The summed E-state index contributed by atoms with van der Waals surface area (Å²) < 4.78 is 13.8. The van der Waals surface area contributed by atoms with E-state index in [0.717, 1.165) is 0 Å². The summed E-state index contributed by atoms with van der Waals surface area (Å²) in [6, 6.07) is 0. The Morgan fingerprint density at radius 2 is 1.65 bits per heavy atom. The van der Waals surface area contributed by atoms with Gasteiger partial charge in [0, 0.05) is 6.61 Å². The molecule has 0 saturated carbocycles. The summed E-state index contributed by atoms with van der Waals surface area (Å²) in [5, 5.41) is 0. The molecule has 1 amide bonds. The molecule has 0 fully saturated rings. The third-order valence-electron chi connectivity index (χ3n) is 2.00. The van der Waals surface area contributed by atoms with Crippen molar-refractivity contribution >= 4 is 17.8 Å². The molecule has 0 aliphatic heterocycles. The molecule has 0 bridgehead atoms. The van der Waals surface area contributed by atoms with Gasteiger partial charge in [-0.2, -0.15) is 0 Å². The zero-order valence-electron chi connectivity index (χ0n) is 9.93. The minimum absolute atomic E-state index is 0.179. The predicted molar refractivity (Wildman–Crippen MR) is 56.8 cm³/mol. The second-order valence-electron chi connectivity index (χ2n) is 3.26. The van der Waals surface area contributed by atoms with E-state index in [-0.39, 0.29) is 19.6 Å². The summed E-state index contributed by atoms with van der Waals surface area (Å²) in [7, 11) is 2.39. The van der Waals surface area contributed by atoms with Gasteiger partial charge in [-0.25, -0.2) is 0 Å². The van der Waals surface area contributed by atoms with Crippen molar-refractivity contribution in [1.29, 1.82) is 0 Å². The second-order valence-corrected chi connectivity index (χ2v) is 3.26. The van der Waals surface area contributed by atoms with E-state index < -0.39 is 23.8 Å². The maximum atomic E-state index is 11.2. The minimum atomic E-state index is -0.956. The molecule has 0 spiro atoms. The van der Waals surface area contributed by atoms with Crippen LogP contribution in [-0.4, -0.2) is 45.3 Å². The van der Waals surface area contributed by atoms with Gasteiger partial charge in [0.1, 0.15) is 6.61 Å². The summed E-state index contributed by atoms with van der Waals surface area (Å²) in [6.45, 7) is 0.0501. The van der Waals surface area contributed by atoms with E-state index in [2.05, 4.69) is 9.47 Å². The average molecular weight is 247 g/mol. The standard InChI is InChI=1S/C10H17NO6/c1-15-9(13)7(10(14)16-2)4-3-5-17-6-8(11)12/h7H,3-6H2,1-2H3,(H2,11,12). The lowest BCUT2D eigenvalue weighted by Crippen LogP contribution is -2.27. The highest BCUT2D eigenvalue weighted by Crippen LogP contribution is 2.10. The Balaban J connectivity index is 3.97. The highest BCUT2D eigenvalue weighted by molar-refractivity contribution is 5.94. The largest absolute Gasteiger partial charge is 0.468 e. The lowest BCUT2D eigenvalue weighted by molar-refractivity contribution is -0.159. The molecule has 0 aliphatic carbocycles. The van der Waals surface area contributed by atoms with Gasteiger partial charge in [0.2, 0.25) is 5.91 Å². The molecule has 7 heteroatoms. The average Bonchev–Trinajstić information content (AvgIpc) is 2.31. The van der Waals surface area contributed by atoms with Gasteiger partial charge in [-0.1, -0.05) is 0 Å². The van der Waals surface area contributed by atoms with Crippen LogP contribution in [0.4, 0.5) is 0 Å². The van der Waals surface area contributed by atoms with E-state index in [0.29, 0.717) is 6.42 Å². The molecule has 0 heterocycles. The van der Waals surface area contributed by atoms with Crippen LogP contribution in [0, 0.1) is 5.92 Å². The Bertz CT molecular complexity index is 262. The minimum Gasteiger partial charge on any atom is -0.468 e. The van der Waals surface area contributed by atoms with Crippen molar-refractivity contribution in [1.82, 2.24) is 0 Å². The fourth-order valence-electron chi connectivity index (χ4n) is 1.18. The van der Waals surface area contributed by atoms with Gasteiger partial charge in [-0.15, -0.1) is 0 Å². The quantitative estimate of drug-likeness (QED) is 0.343. The fourth-order valence-corrected chi connectivity index (χ4v) is 1.18. The van der Waals surface area contributed by atoms with Gasteiger partial charge < -0.3 is 19.9 Å². The molecule has 98 valence electrons. The molecule has 0 aliphatic rings. The molecule has 0 atom stereocenters. The van der Waals surface area contributed by atoms with Crippen LogP contribution < -0.4 is 5.73 Å². The Morgan fingerprint density at radius 3 is 2.06 bits per heavy atom. The van der Waals surface area contributed by atoms with Crippen molar-refractivity contribution in [3.8, 4) is 0 Å². The number of rotatable bonds is 8. The number of hydrogen-bond acceptors (Lipinski definition) is 6. The van der Waals surface area contributed by atoms with Crippen molar-refractivity contribution in [3.63, 3.8) is 0 Å². The van der Waals surface area contributed by atoms with Crippen LogP contribution in [0.25, 0.3) is 0 Å². The molecule has 7 nitrogen and oxygen atoms in total. The predicted octanol–water partition coefficient (Wildman–Crippen LogP) is -0.769. The first-order valence-corrected chi connectivity index (χ1v) is 5.04. The lowest BCUT2D eigenvalue weighted by atomic mass is 10.0. The smallest absolute Gasteiger partial charge is 0.320 e. The number of nitrogens with two attached hydrogens (primary N) is 1. The lowest BCUT2D eigenvalue weighted by Gasteiger charge is -2.11. The van der Waals surface area contributed by atoms with Crippen LogP contribution in [0.2, 0.25) is 0 Å². The molecular weight excluding hydrogens is 230 g/mol. The van der Waals surface area contributed by atoms with Crippen molar-refractivity contribution in [2.75, 3.05) is 27.4 Å². The van der Waals surface area contributed by atoms with Gasteiger partial charge in [0.15, 0.2) is 5.92 Å². The summed E-state index contributed by atoms with van der Waals surface area (Å²) in [4.78, 5) is 32.8. The molecule has 0 aromatic heterocycles. The number of methoxy groups -OCH3 is 2. The van der Waals surface area contributed by atoms with Crippen molar-refractivity contribution < 1.29 is 28.6 Å². The van der Waals surface area contributed by atoms with Crippen LogP contribution in [0.1, 0.15) is 12.8 Å². The second kappa shape index (κ2) is 8.51.